The highest BCUT2D eigenvalue weighted by molar-refractivity contribution is 7.99. The van der Waals surface area contributed by atoms with E-state index in [-0.39, 0.29) is 0 Å². The van der Waals surface area contributed by atoms with Crippen LogP contribution in [0.2, 0.25) is 0 Å². The first-order valence-corrected chi connectivity index (χ1v) is 7.33. The topological polar surface area (TPSA) is 53.6 Å². The van der Waals surface area contributed by atoms with Gasteiger partial charge >= 0.3 is 0 Å². The molecule has 94 valence electrons. The van der Waals surface area contributed by atoms with Gasteiger partial charge in [-0.25, -0.2) is 0 Å². The number of pyridine rings is 1. The van der Waals surface area contributed by atoms with Gasteiger partial charge in [0.1, 0.15) is 0 Å². The molecule has 2 aromatic heterocycles. The number of thioether (sulfide) groups is 1. The Labute approximate surface area is 111 Å². The van der Waals surface area contributed by atoms with Crippen LogP contribution >= 0.6 is 11.8 Å². The van der Waals surface area contributed by atoms with Crippen molar-refractivity contribution >= 4 is 11.8 Å². The third-order valence-electron chi connectivity index (χ3n) is 3.18. The summed E-state index contributed by atoms with van der Waals surface area (Å²) in [6.07, 6.45) is 6.82. The molecule has 1 fully saturated rings. The number of rotatable bonds is 4. The van der Waals surface area contributed by atoms with Crippen LogP contribution in [0.4, 0.5) is 0 Å². The van der Waals surface area contributed by atoms with E-state index in [0.717, 1.165) is 17.8 Å². The number of nitrogens with zero attached hydrogens (tertiary/aromatic N) is 2. The summed E-state index contributed by atoms with van der Waals surface area (Å²) in [6.45, 7) is 0.867. The number of aromatic nitrogens is 3. The van der Waals surface area contributed by atoms with E-state index in [4.69, 9.17) is 0 Å². The van der Waals surface area contributed by atoms with Crippen LogP contribution in [-0.4, -0.2) is 32.7 Å². The van der Waals surface area contributed by atoms with Crippen molar-refractivity contribution in [2.75, 3.05) is 11.5 Å². The molecule has 1 unspecified atom stereocenters. The molecule has 2 aromatic rings. The summed E-state index contributed by atoms with van der Waals surface area (Å²) in [6, 6.07) is 4.64. The molecule has 0 aliphatic carbocycles. The normalized spacial score (nSPS) is 19.2. The minimum absolute atomic E-state index is 0.645. The molecule has 0 radical (unpaired) electrons. The van der Waals surface area contributed by atoms with Crippen LogP contribution < -0.4 is 5.32 Å². The summed E-state index contributed by atoms with van der Waals surface area (Å²) >= 11 is 2.02. The average Bonchev–Trinajstić information content (AvgIpc) is 3.09. The van der Waals surface area contributed by atoms with Gasteiger partial charge in [-0.05, 0) is 24.3 Å². The van der Waals surface area contributed by atoms with E-state index in [1.807, 2.05) is 30.2 Å². The fraction of sp³-hybridized carbons (Fsp3) is 0.385. The molecule has 0 bridgehead atoms. The lowest BCUT2D eigenvalue weighted by molar-refractivity contribution is 0.558. The van der Waals surface area contributed by atoms with Crippen LogP contribution in [0, 0.1) is 0 Å². The van der Waals surface area contributed by atoms with Gasteiger partial charge in [-0.3, -0.25) is 10.1 Å². The molecule has 0 saturated carbocycles. The van der Waals surface area contributed by atoms with Crippen molar-refractivity contribution < 1.29 is 0 Å². The zero-order valence-corrected chi connectivity index (χ0v) is 10.9. The standard InChI is InChI=1S/C13H16N4S/c1-2-10(6-14-4-1)13-11(8-16-17-13)7-15-12-3-5-18-9-12/h1-2,4,6,8,12,15H,3,5,7,9H2,(H,16,17). The summed E-state index contributed by atoms with van der Waals surface area (Å²) in [5, 5.41) is 10.8. The van der Waals surface area contributed by atoms with E-state index in [2.05, 4.69) is 26.6 Å². The minimum atomic E-state index is 0.645. The molecule has 0 amide bonds. The zero-order valence-electron chi connectivity index (χ0n) is 10.1. The van der Waals surface area contributed by atoms with Gasteiger partial charge in [-0.1, -0.05) is 0 Å². The Morgan fingerprint density at radius 2 is 2.44 bits per heavy atom. The fourth-order valence-electron chi connectivity index (χ4n) is 2.16. The highest BCUT2D eigenvalue weighted by Gasteiger charge is 2.15. The van der Waals surface area contributed by atoms with Crippen LogP contribution in [-0.2, 0) is 6.54 Å². The van der Waals surface area contributed by atoms with E-state index in [1.54, 1.807) is 6.20 Å². The number of H-pyrrole nitrogens is 1. The van der Waals surface area contributed by atoms with Crippen LogP contribution in [0.25, 0.3) is 11.3 Å². The highest BCUT2D eigenvalue weighted by atomic mass is 32.2. The SMILES string of the molecule is c1cncc(-c2[nH]ncc2CNC2CCSC2)c1. The van der Waals surface area contributed by atoms with Crippen molar-refractivity contribution in [2.24, 2.45) is 0 Å². The van der Waals surface area contributed by atoms with Gasteiger partial charge in [-0.2, -0.15) is 16.9 Å². The summed E-state index contributed by atoms with van der Waals surface area (Å²) in [5.41, 5.74) is 3.37. The molecule has 18 heavy (non-hydrogen) atoms. The smallest absolute Gasteiger partial charge is 0.0710 e. The first kappa shape index (κ1) is 11.7. The molecule has 1 saturated heterocycles. The molecule has 3 heterocycles. The van der Waals surface area contributed by atoms with E-state index >= 15 is 0 Å². The Balaban J connectivity index is 1.71. The third-order valence-corrected chi connectivity index (χ3v) is 4.34. The summed E-state index contributed by atoms with van der Waals surface area (Å²) in [4.78, 5) is 4.15. The lowest BCUT2D eigenvalue weighted by Gasteiger charge is -2.10. The van der Waals surface area contributed by atoms with Gasteiger partial charge in [0.15, 0.2) is 0 Å². The number of nitrogens with one attached hydrogen (secondary N) is 2. The number of hydrogen-bond donors (Lipinski definition) is 2. The first-order valence-electron chi connectivity index (χ1n) is 6.17. The molecule has 5 heteroatoms. The fourth-order valence-corrected chi connectivity index (χ4v) is 3.34. The Hall–Kier alpha value is -1.33. The van der Waals surface area contributed by atoms with Crippen LogP contribution in [0.5, 0.6) is 0 Å². The molecule has 1 aliphatic heterocycles. The van der Waals surface area contributed by atoms with Crippen molar-refractivity contribution in [2.45, 2.75) is 19.0 Å². The van der Waals surface area contributed by atoms with Crippen molar-refractivity contribution in [3.8, 4) is 11.3 Å². The highest BCUT2D eigenvalue weighted by Crippen LogP contribution is 2.21. The number of aromatic amines is 1. The maximum atomic E-state index is 4.15. The van der Waals surface area contributed by atoms with E-state index in [1.165, 1.54) is 23.5 Å². The van der Waals surface area contributed by atoms with Gasteiger partial charge < -0.3 is 5.32 Å². The molecular weight excluding hydrogens is 244 g/mol. The molecular formula is C13H16N4S. The van der Waals surface area contributed by atoms with Crippen LogP contribution in [0.1, 0.15) is 12.0 Å². The largest absolute Gasteiger partial charge is 0.309 e. The maximum absolute atomic E-state index is 4.15. The quantitative estimate of drug-likeness (QED) is 0.883. The van der Waals surface area contributed by atoms with Crippen molar-refractivity contribution in [3.63, 3.8) is 0 Å². The second kappa shape index (κ2) is 5.54. The molecule has 3 rings (SSSR count). The Morgan fingerprint density at radius 1 is 1.44 bits per heavy atom. The lowest BCUT2D eigenvalue weighted by Crippen LogP contribution is -2.27. The summed E-state index contributed by atoms with van der Waals surface area (Å²) in [7, 11) is 0. The van der Waals surface area contributed by atoms with Crippen molar-refractivity contribution in [3.05, 3.63) is 36.3 Å². The Bertz CT molecular complexity index is 491. The summed E-state index contributed by atoms with van der Waals surface area (Å²) in [5.74, 6) is 2.50. The van der Waals surface area contributed by atoms with Crippen molar-refractivity contribution in [1.29, 1.82) is 0 Å². The van der Waals surface area contributed by atoms with Crippen LogP contribution in [0.15, 0.2) is 30.7 Å². The molecule has 0 spiro atoms. The third kappa shape index (κ3) is 2.57. The van der Waals surface area contributed by atoms with Crippen molar-refractivity contribution in [1.82, 2.24) is 20.5 Å². The van der Waals surface area contributed by atoms with Gasteiger partial charge in [0, 0.05) is 41.9 Å². The molecule has 1 aliphatic rings. The predicted molar refractivity (Wildman–Crippen MR) is 74.4 cm³/mol. The van der Waals surface area contributed by atoms with Gasteiger partial charge in [0.25, 0.3) is 0 Å². The average molecular weight is 260 g/mol. The minimum Gasteiger partial charge on any atom is -0.309 e. The van der Waals surface area contributed by atoms with Crippen LogP contribution in [0.3, 0.4) is 0 Å². The zero-order chi connectivity index (χ0) is 12.2. The molecule has 2 N–H and O–H groups in total. The molecule has 4 nitrogen and oxygen atoms in total. The second-order valence-electron chi connectivity index (χ2n) is 4.45. The van der Waals surface area contributed by atoms with E-state index in [9.17, 15) is 0 Å². The Kier molecular flexibility index (Phi) is 3.61. The van der Waals surface area contributed by atoms with Gasteiger partial charge in [0.05, 0.1) is 11.9 Å². The maximum Gasteiger partial charge on any atom is 0.0710 e. The lowest BCUT2D eigenvalue weighted by atomic mass is 10.1. The summed E-state index contributed by atoms with van der Waals surface area (Å²) < 4.78 is 0. The Morgan fingerprint density at radius 3 is 3.22 bits per heavy atom. The van der Waals surface area contributed by atoms with Gasteiger partial charge in [-0.15, -0.1) is 0 Å². The van der Waals surface area contributed by atoms with E-state index < -0.39 is 0 Å². The van der Waals surface area contributed by atoms with E-state index in [0.29, 0.717) is 6.04 Å². The molecule has 0 aromatic carbocycles. The second-order valence-corrected chi connectivity index (χ2v) is 5.60. The van der Waals surface area contributed by atoms with Gasteiger partial charge in [0.2, 0.25) is 0 Å². The number of hydrogen-bond acceptors (Lipinski definition) is 4. The first-order chi connectivity index (χ1) is 8.93. The predicted octanol–water partition coefficient (Wildman–Crippen LogP) is 2.07. The monoisotopic (exact) mass is 260 g/mol. The molecule has 1 atom stereocenters.